The number of amides is 2. The van der Waals surface area contributed by atoms with Crippen molar-refractivity contribution >= 4 is 12.0 Å². The van der Waals surface area contributed by atoms with Crippen LogP contribution in [0.25, 0.3) is 0 Å². The van der Waals surface area contributed by atoms with Crippen molar-refractivity contribution in [2.75, 3.05) is 13.2 Å². The van der Waals surface area contributed by atoms with Crippen molar-refractivity contribution in [3.05, 3.63) is 102 Å². The van der Waals surface area contributed by atoms with E-state index in [4.69, 9.17) is 14.7 Å². The van der Waals surface area contributed by atoms with Crippen molar-refractivity contribution in [1.29, 1.82) is 5.26 Å². The second kappa shape index (κ2) is 13.8. The largest absolute Gasteiger partial charge is 0.494 e. The number of nitrogens with zero attached hydrogens (tertiary/aromatic N) is 2. The molecule has 2 amide bonds. The van der Waals surface area contributed by atoms with Crippen molar-refractivity contribution in [3.8, 4) is 11.8 Å². The monoisotopic (exact) mass is 511 g/mol. The first-order chi connectivity index (χ1) is 18.6. The highest BCUT2D eigenvalue weighted by Gasteiger charge is 2.32. The molecule has 0 saturated carbocycles. The summed E-state index contributed by atoms with van der Waals surface area (Å²) in [5, 5.41) is 11.8. The fourth-order valence-corrected chi connectivity index (χ4v) is 4.69. The summed E-state index contributed by atoms with van der Waals surface area (Å²) in [4.78, 5) is 28.4. The molecule has 7 nitrogen and oxygen atoms in total. The van der Waals surface area contributed by atoms with Gasteiger partial charge < -0.3 is 19.7 Å². The molecular weight excluding hydrogens is 478 g/mol. The number of ether oxygens (including phenoxy) is 2. The summed E-state index contributed by atoms with van der Waals surface area (Å²) in [6.07, 6.45) is 3.31. The molecule has 0 bridgehead atoms. The van der Waals surface area contributed by atoms with Gasteiger partial charge >= 0.3 is 6.09 Å². The minimum Gasteiger partial charge on any atom is -0.494 e. The average molecular weight is 512 g/mol. The van der Waals surface area contributed by atoms with Crippen LogP contribution < -0.4 is 10.1 Å². The fourth-order valence-electron chi connectivity index (χ4n) is 4.69. The number of nitriles is 1. The van der Waals surface area contributed by atoms with Crippen LogP contribution in [0.3, 0.4) is 0 Å². The van der Waals surface area contributed by atoms with Crippen molar-refractivity contribution in [2.45, 2.75) is 50.8 Å². The number of hydrogen-bond donors (Lipinski definition) is 1. The van der Waals surface area contributed by atoms with Crippen LogP contribution in [0.2, 0.25) is 0 Å². The minimum absolute atomic E-state index is 0.0232. The number of benzene rings is 3. The van der Waals surface area contributed by atoms with Gasteiger partial charge in [-0.1, -0.05) is 60.7 Å². The van der Waals surface area contributed by atoms with Gasteiger partial charge in [-0.05, 0) is 54.7 Å². The van der Waals surface area contributed by atoms with E-state index in [1.165, 1.54) is 0 Å². The van der Waals surface area contributed by atoms with Gasteiger partial charge in [0.2, 0.25) is 5.91 Å². The topological polar surface area (TPSA) is 91.7 Å². The Morgan fingerprint density at radius 1 is 0.947 bits per heavy atom. The minimum atomic E-state index is -0.735. The van der Waals surface area contributed by atoms with E-state index in [0.29, 0.717) is 37.3 Å². The molecule has 1 heterocycles. The number of nitrogens with one attached hydrogen (secondary N) is 1. The van der Waals surface area contributed by atoms with E-state index in [1.807, 2.05) is 65.6 Å². The number of hydrogen-bond acceptors (Lipinski definition) is 5. The van der Waals surface area contributed by atoms with Crippen molar-refractivity contribution < 1.29 is 19.1 Å². The Hall–Kier alpha value is -4.31. The molecule has 2 atom stereocenters. The standard InChI is InChI=1S/C31H33N3O4/c32-22-25-14-16-28(17-15-25)37-20-18-27-13-7-8-19-34(27)30(35)29(21-24-9-3-1-4-10-24)33-31(36)38-23-26-11-5-2-6-12-26/h1-6,9-12,14-17,27,29H,7-8,13,18-21,23H2,(H,33,36)/t27?,29-/m1/s1. The Balaban J connectivity index is 1.39. The van der Waals surface area contributed by atoms with E-state index >= 15 is 0 Å². The second-order valence-corrected chi connectivity index (χ2v) is 9.40. The zero-order valence-corrected chi connectivity index (χ0v) is 21.4. The van der Waals surface area contributed by atoms with Crippen LogP contribution in [-0.2, 0) is 22.6 Å². The number of piperidine rings is 1. The van der Waals surface area contributed by atoms with Gasteiger partial charge in [0.05, 0.1) is 18.2 Å². The summed E-state index contributed by atoms with van der Waals surface area (Å²) in [5.41, 5.74) is 2.43. The van der Waals surface area contributed by atoms with E-state index in [2.05, 4.69) is 11.4 Å². The zero-order chi connectivity index (χ0) is 26.6. The van der Waals surface area contributed by atoms with Gasteiger partial charge in [-0.25, -0.2) is 4.79 Å². The third-order valence-corrected chi connectivity index (χ3v) is 6.70. The molecule has 1 aliphatic heterocycles. The number of likely N-dealkylation sites (tertiary alicyclic amines) is 1. The molecule has 38 heavy (non-hydrogen) atoms. The maximum absolute atomic E-state index is 13.8. The molecule has 1 saturated heterocycles. The summed E-state index contributed by atoms with van der Waals surface area (Å²) in [5.74, 6) is 0.594. The molecule has 196 valence electrons. The number of rotatable bonds is 10. The molecule has 0 radical (unpaired) electrons. The first-order valence-corrected chi connectivity index (χ1v) is 13.1. The number of carbonyl (C=O) groups excluding carboxylic acids is 2. The molecule has 3 aromatic rings. The van der Waals surface area contributed by atoms with Crippen LogP contribution in [0.5, 0.6) is 5.75 Å². The molecule has 1 N–H and O–H groups in total. The third kappa shape index (κ3) is 7.84. The van der Waals surface area contributed by atoms with Gasteiger partial charge in [0.15, 0.2) is 0 Å². The first-order valence-electron chi connectivity index (χ1n) is 13.1. The first kappa shape index (κ1) is 26.7. The van der Waals surface area contributed by atoms with Crippen LogP contribution in [0.15, 0.2) is 84.9 Å². The molecule has 1 aliphatic rings. The van der Waals surface area contributed by atoms with Crippen LogP contribution in [0.1, 0.15) is 42.4 Å². The fraction of sp³-hybridized carbons (Fsp3) is 0.323. The second-order valence-electron chi connectivity index (χ2n) is 9.40. The smallest absolute Gasteiger partial charge is 0.408 e. The summed E-state index contributed by atoms with van der Waals surface area (Å²) >= 11 is 0. The lowest BCUT2D eigenvalue weighted by Gasteiger charge is -2.38. The molecule has 1 fully saturated rings. The lowest BCUT2D eigenvalue weighted by molar-refractivity contribution is -0.137. The summed E-state index contributed by atoms with van der Waals surface area (Å²) in [6, 6.07) is 27.5. The Kier molecular flexibility index (Phi) is 9.75. The Morgan fingerprint density at radius 3 is 2.32 bits per heavy atom. The summed E-state index contributed by atoms with van der Waals surface area (Å²) < 4.78 is 11.3. The highest BCUT2D eigenvalue weighted by Crippen LogP contribution is 2.22. The molecule has 0 aliphatic carbocycles. The predicted molar refractivity (Wildman–Crippen MR) is 144 cm³/mol. The number of carbonyl (C=O) groups is 2. The van der Waals surface area contributed by atoms with Gasteiger partial charge in [-0.15, -0.1) is 0 Å². The van der Waals surface area contributed by atoms with Crippen molar-refractivity contribution in [1.82, 2.24) is 10.2 Å². The van der Waals surface area contributed by atoms with Crippen LogP contribution in [-0.4, -0.2) is 42.1 Å². The third-order valence-electron chi connectivity index (χ3n) is 6.70. The van der Waals surface area contributed by atoms with Gasteiger partial charge in [-0.2, -0.15) is 5.26 Å². The highest BCUT2D eigenvalue weighted by atomic mass is 16.5. The van der Waals surface area contributed by atoms with E-state index in [0.717, 1.165) is 30.4 Å². The van der Waals surface area contributed by atoms with E-state index < -0.39 is 12.1 Å². The maximum atomic E-state index is 13.8. The molecule has 0 aromatic heterocycles. The van der Waals surface area contributed by atoms with Gasteiger partial charge in [0.1, 0.15) is 18.4 Å². The zero-order valence-electron chi connectivity index (χ0n) is 21.4. The normalized spacial score (nSPS) is 15.7. The number of alkyl carbamates (subject to hydrolysis) is 1. The highest BCUT2D eigenvalue weighted by molar-refractivity contribution is 5.86. The molecule has 3 aromatic carbocycles. The average Bonchev–Trinajstić information content (AvgIpc) is 2.97. The van der Waals surface area contributed by atoms with Crippen LogP contribution in [0.4, 0.5) is 4.79 Å². The van der Waals surface area contributed by atoms with Gasteiger partial charge in [-0.3, -0.25) is 4.79 Å². The Bertz CT molecular complexity index is 1210. The van der Waals surface area contributed by atoms with E-state index in [1.54, 1.807) is 24.3 Å². The summed E-state index contributed by atoms with van der Waals surface area (Å²) in [6.45, 7) is 1.24. The van der Waals surface area contributed by atoms with E-state index in [-0.39, 0.29) is 18.6 Å². The van der Waals surface area contributed by atoms with E-state index in [9.17, 15) is 9.59 Å². The van der Waals surface area contributed by atoms with Gasteiger partial charge in [0.25, 0.3) is 0 Å². The van der Waals surface area contributed by atoms with Gasteiger partial charge in [0, 0.05) is 25.4 Å². The lowest BCUT2D eigenvalue weighted by atomic mass is 9.97. The van der Waals surface area contributed by atoms with Crippen LogP contribution >= 0.6 is 0 Å². The molecule has 1 unspecified atom stereocenters. The molecule has 7 heteroatoms. The predicted octanol–water partition coefficient (Wildman–Crippen LogP) is 5.25. The lowest BCUT2D eigenvalue weighted by Crippen LogP contribution is -2.54. The SMILES string of the molecule is N#Cc1ccc(OCCC2CCCCN2C(=O)[C@@H](Cc2ccccc2)NC(=O)OCc2ccccc2)cc1. The summed E-state index contributed by atoms with van der Waals surface area (Å²) in [7, 11) is 0. The quantitative estimate of drug-likeness (QED) is 0.402. The Labute approximate surface area is 224 Å². The van der Waals surface area contributed by atoms with Crippen molar-refractivity contribution in [3.63, 3.8) is 0 Å². The molecule has 0 spiro atoms. The Morgan fingerprint density at radius 2 is 1.63 bits per heavy atom. The molecule has 4 rings (SSSR count). The maximum Gasteiger partial charge on any atom is 0.408 e. The molecular formula is C31H33N3O4. The van der Waals surface area contributed by atoms with Crippen molar-refractivity contribution in [2.24, 2.45) is 0 Å². The van der Waals surface area contributed by atoms with Crippen LogP contribution in [0, 0.1) is 11.3 Å².